The number of hydrogen-bond donors (Lipinski definition) is 1. The van der Waals surface area contributed by atoms with E-state index in [-0.39, 0.29) is 18.6 Å². The zero-order chi connectivity index (χ0) is 21.9. The van der Waals surface area contributed by atoms with Crippen LogP contribution in [0.2, 0.25) is 5.02 Å². The number of nitrogens with zero attached hydrogens (tertiary/aromatic N) is 3. The lowest BCUT2D eigenvalue weighted by Gasteiger charge is -2.11. The second kappa shape index (κ2) is 9.22. The van der Waals surface area contributed by atoms with Gasteiger partial charge in [-0.3, -0.25) is 14.2 Å². The van der Waals surface area contributed by atoms with E-state index in [0.717, 1.165) is 40.8 Å². The molecule has 7 nitrogen and oxygen atoms in total. The molecule has 3 rings (SSSR count). The Kier molecular flexibility index (Phi) is 6.88. The Balaban J connectivity index is 1.81. The van der Waals surface area contributed by atoms with Crippen molar-refractivity contribution in [3.05, 3.63) is 46.7 Å². The highest BCUT2D eigenvalue weighted by Crippen LogP contribution is 2.27. The predicted molar refractivity (Wildman–Crippen MR) is 120 cm³/mol. The Morgan fingerprint density at radius 1 is 1.23 bits per heavy atom. The van der Waals surface area contributed by atoms with Crippen molar-refractivity contribution in [1.29, 1.82) is 0 Å². The topological polar surface area (TPSA) is 86.0 Å². The molecule has 0 aliphatic heterocycles. The molecule has 2 aromatic heterocycles. The maximum absolute atomic E-state index is 12.4. The fraction of sp³-hybridized carbons (Fsp3) is 0.429. The highest BCUT2D eigenvalue weighted by atomic mass is 35.5. The summed E-state index contributed by atoms with van der Waals surface area (Å²) >= 11 is 6.09. The van der Waals surface area contributed by atoms with E-state index in [2.05, 4.69) is 9.82 Å². The summed E-state index contributed by atoms with van der Waals surface area (Å²) in [6.07, 6.45) is 4.96. The van der Waals surface area contributed by atoms with E-state index in [1.165, 1.54) is 0 Å². The zero-order valence-electron chi connectivity index (χ0n) is 17.5. The number of benzene rings is 1. The number of rotatable bonds is 9. The third-order valence-corrected chi connectivity index (χ3v) is 6.61. The molecule has 0 saturated carbocycles. The fourth-order valence-electron chi connectivity index (χ4n) is 3.63. The first kappa shape index (κ1) is 22.4. The fourth-order valence-corrected chi connectivity index (χ4v) is 4.83. The van der Waals surface area contributed by atoms with Crippen molar-refractivity contribution in [2.45, 2.75) is 46.0 Å². The summed E-state index contributed by atoms with van der Waals surface area (Å²) in [5.74, 6) is 0.172. The number of carbonyl (C=O) groups excluding carboxylic acids is 1. The lowest BCUT2D eigenvalue weighted by Crippen LogP contribution is -2.33. The first-order chi connectivity index (χ1) is 14.2. The van der Waals surface area contributed by atoms with Crippen LogP contribution in [0.1, 0.15) is 43.9 Å². The van der Waals surface area contributed by atoms with Gasteiger partial charge in [0.25, 0.3) is 0 Å². The maximum atomic E-state index is 12.4. The van der Waals surface area contributed by atoms with Crippen molar-refractivity contribution in [1.82, 2.24) is 19.1 Å². The molecule has 1 N–H and O–H groups in total. The molecule has 0 saturated heterocycles. The molecular weight excluding hydrogens is 424 g/mol. The Hall–Kier alpha value is -2.32. The van der Waals surface area contributed by atoms with Crippen molar-refractivity contribution in [2.75, 3.05) is 5.75 Å². The number of halogens is 1. The molecular formula is C21H27ClN4O3S. The van der Waals surface area contributed by atoms with E-state index in [0.29, 0.717) is 11.4 Å². The minimum Gasteiger partial charge on any atom is -0.301 e. The van der Waals surface area contributed by atoms with Crippen LogP contribution < -0.4 is 4.72 Å². The van der Waals surface area contributed by atoms with E-state index in [9.17, 15) is 13.2 Å². The number of hydrogen-bond acceptors (Lipinski definition) is 4. The first-order valence-corrected chi connectivity index (χ1v) is 12.1. The number of nitrogens with one attached hydrogen (secondary N) is 1. The van der Waals surface area contributed by atoms with Crippen molar-refractivity contribution in [3.63, 3.8) is 0 Å². The van der Waals surface area contributed by atoms with Crippen LogP contribution in [-0.4, -0.2) is 34.4 Å². The third kappa shape index (κ3) is 5.05. The molecule has 0 fully saturated rings. The molecule has 3 aromatic rings. The Morgan fingerprint density at radius 3 is 2.73 bits per heavy atom. The number of unbranched alkanes of at least 4 members (excludes halogenated alkanes) is 2. The van der Waals surface area contributed by atoms with Gasteiger partial charge in [-0.2, -0.15) is 5.10 Å². The van der Waals surface area contributed by atoms with Crippen LogP contribution in [0.5, 0.6) is 0 Å². The number of sulfonamides is 1. The summed E-state index contributed by atoms with van der Waals surface area (Å²) in [7, 11) is -1.89. The van der Waals surface area contributed by atoms with Gasteiger partial charge < -0.3 is 4.57 Å². The van der Waals surface area contributed by atoms with Crippen molar-refractivity contribution >= 4 is 38.4 Å². The van der Waals surface area contributed by atoms with Crippen LogP contribution in [0, 0.1) is 6.92 Å². The minimum atomic E-state index is -3.72. The highest BCUT2D eigenvalue weighted by molar-refractivity contribution is 7.90. The van der Waals surface area contributed by atoms with Gasteiger partial charge in [-0.15, -0.1) is 0 Å². The molecule has 0 radical (unpaired) electrons. The summed E-state index contributed by atoms with van der Waals surface area (Å²) < 4.78 is 30.8. The van der Waals surface area contributed by atoms with Gasteiger partial charge in [-0.05, 0) is 44.0 Å². The third-order valence-electron chi connectivity index (χ3n) is 5.09. The summed E-state index contributed by atoms with van der Waals surface area (Å²) in [5.41, 5.74) is 2.54. The Labute approximate surface area is 182 Å². The molecule has 0 spiro atoms. The number of aryl methyl sites for hydroxylation is 2. The van der Waals surface area contributed by atoms with Crippen molar-refractivity contribution < 1.29 is 13.2 Å². The van der Waals surface area contributed by atoms with Gasteiger partial charge in [0.1, 0.15) is 5.82 Å². The van der Waals surface area contributed by atoms with Crippen LogP contribution >= 0.6 is 11.6 Å². The van der Waals surface area contributed by atoms with E-state index >= 15 is 0 Å². The number of amides is 1. The smallest absolute Gasteiger partial charge is 0.235 e. The second-order valence-corrected chi connectivity index (χ2v) is 9.73. The molecule has 30 heavy (non-hydrogen) atoms. The summed E-state index contributed by atoms with van der Waals surface area (Å²) in [5, 5.41) is 6.13. The van der Waals surface area contributed by atoms with Gasteiger partial charge in [0.05, 0.1) is 17.0 Å². The number of aromatic nitrogens is 3. The zero-order valence-corrected chi connectivity index (χ0v) is 19.1. The van der Waals surface area contributed by atoms with E-state index in [1.54, 1.807) is 4.68 Å². The van der Waals surface area contributed by atoms with E-state index < -0.39 is 15.9 Å². The molecule has 0 unspecified atom stereocenters. The number of fused-ring (bicyclic) bond motifs is 1. The highest BCUT2D eigenvalue weighted by Gasteiger charge is 2.21. The van der Waals surface area contributed by atoms with Crippen LogP contribution in [0.15, 0.2) is 30.5 Å². The second-order valence-electron chi connectivity index (χ2n) is 7.45. The summed E-state index contributed by atoms with van der Waals surface area (Å²) in [6.45, 7) is 3.89. The molecule has 0 aliphatic carbocycles. The molecule has 2 heterocycles. The molecule has 162 valence electrons. The number of carbonyl (C=O) groups is 1. The summed E-state index contributed by atoms with van der Waals surface area (Å²) in [6, 6.07) is 7.59. The summed E-state index contributed by atoms with van der Waals surface area (Å²) in [4.78, 5) is 11.9. The van der Waals surface area contributed by atoms with Crippen molar-refractivity contribution in [2.24, 2.45) is 7.05 Å². The average molecular weight is 451 g/mol. The largest absolute Gasteiger partial charge is 0.301 e. The van der Waals surface area contributed by atoms with Crippen LogP contribution in [0.4, 0.5) is 0 Å². The van der Waals surface area contributed by atoms with Gasteiger partial charge in [0, 0.05) is 35.6 Å². The predicted octanol–water partition coefficient (Wildman–Crippen LogP) is 3.89. The molecule has 1 amide bonds. The van der Waals surface area contributed by atoms with E-state index in [1.807, 2.05) is 55.9 Å². The molecule has 1 aromatic carbocycles. The first-order valence-electron chi connectivity index (χ1n) is 10.0. The molecule has 0 atom stereocenters. The quantitative estimate of drug-likeness (QED) is 0.501. The monoisotopic (exact) mass is 450 g/mol. The Bertz CT molecular complexity index is 1160. The Morgan fingerprint density at radius 2 is 2.00 bits per heavy atom. The van der Waals surface area contributed by atoms with E-state index in [4.69, 9.17) is 11.6 Å². The maximum Gasteiger partial charge on any atom is 0.235 e. The van der Waals surface area contributed by atoms with Gasteiger partial charge in [-0.25, -0.2) is 8.42 Å². The molecule has 0 bridgehead atoms. The van der Waals surface area contributed by atoms with Crippen LogP contribution in [0.25, 0.3) is 16.7 Å². The van der Waals surface area contributed by atoms with Gasteiger partial charge in [0.15, 0.2) is 0 Å². The standard InChI is InChI=1S/C21H27ClN4O3S/c1-4-5-6-7-20(27)24-30(28,29)13-11-18-15(2)23-25(3)21(18)26-12-10-16-14-17(22)8-9-19(16)26/h8-10,12,14H,4-7,11,13H2,1-3H3,(H,24,27). The normalized spacial score (nSPS) is 11.9. The van der Waals surface area contributed by atoms with Gasteiger partial charge >= 0.3 is 0 Å². The van der Waals surface area contributed by atoms with Gasteiger partial charge in [-0.1, -0.05) is 31.4 Å². The molecule has 0 aliphatic rings. The van der Waals surface area contributed by atoms with Gasteiger partial charge in [0.2, 0.25) is 15.9 Å². The minimum absolute atomic E-state index is 0.183. The average Bonchev–Trinajstić information content (AvgIpc) is 3.18. The van der Waals surface area contributed by atoms with Crippen molar-refractivity contribution in [3.8, 4) is 5.82 Å². The SMILES string of the molecule is CCCCCC(=O)NS(=O)(=O)CCc1c(C)nn(C)c1-n1ccc2cc(Cl)ccc21. The van der Waals surface area contributed by atoms with Crippen LogP contribution in [0.3, 0.4) is 0 Å². The lowest BCUT2D eigenvalue weighted by atomic mass is 10.2. The van der Waals surface area contributed by atoms with Crippen LogP contribution in [-0.2, 0) is 28.3 Å². The lowest BCUT2D eigenvalue weighted by molar-refractivity contribution is -0.119. The molecule has 9 heteroatoms.